The topological polar surface area (TPSA) is 76.3 Å². The molecule has 0 bridgehead atoms. The first-order valence-electron chi connectivity index (χ1n) is 10.0. The van der Waals surface area contributed by atoms with Crippen molar-refractivity contribution in [3.05, 3.63) is 65.0 Å². The van der Waals surface area contributed by atoms with E-state index in [2.05, 4.69) is 36.1 Å². The molecule has 0 spiro atoms. The van der Waals surface area contributed by atoms with Crippen LogP contribution in [0.4, 0.5) is 0 Å². The highest BCUT2D eigenvalue weighted by Gasteiger charge is 2.32. The number of rotatable bonds is 5. The van der Waals surface area contributed by atoms with Gasteiger partial charge in [0.2, 0.25) is 21.7 Å². The van der Waals surface area contributed by atoms with Crippen LogP contribution in [0.3, 0.4) is 0 Å². The van der Waals surface area contributed by atoms with Crippen molar-refractivity contribution < 1.29 is 12.9 Å². The standard InChI is InChI=1S/C22H24ClN3O3S/c1-15(2)16-3-5-17(6-4-16)21-24-22(29-25-21)18-11-13-26(14-12-18)30(27,28)20-9-7-19(23)8-10-20/h3-10,15,18H,11-14H2,1-2H3. The fourth-order valence-electron chi connectivity index (χ4n) is 3.63. The smallest absolute Gasteiger partial charge is 0.243 e. The number of hydrogen-bond donors (Lipinski definition) is 0. The third-order valence-electron chi connectivity index (χ3n) is 5.53. The van der Waals surface area contributed by atoms with Crippen molar-refractivity contribution in [1.29, 1.82) is 0 Å². The average molecular weight is 446 g/mol. The third kappa shape index (κ3) is 4.29. The normalized spacial score (nSPS) is 16.3. The molecule has 0 amide bonds. The van der Waals surface area contributed by atoms with Crippen molar-refractivity contribution in [2.75, 3.05) is 13.1 Å². The van der Waals surface area contributed by atoms with Crippen molar-refractivity contribution in [3.63, 3.8) is 0 Å². The lowest BCUT2D eigenvalue weighted by Gasteiger charge is -2.29. The van der Waals surface area contributed by atoms with Gasteiger partial charge in [-0.05, 0) is 48.6 Å². The molecule has 158 valence electrons. The van der Waals surface area contributed by atoms with Crippen LogP contribution in [0.5, 0.6) is 0 Å². The molecule has 1 fully saturated rings. The Morgan fingerprint density at radius 2 is 1.67 bits per heavy atom. The molecular weight excluding hydrogens is 422 g/mol. The van der Waals surface area contributed by atoms with Gasteiger partial charge in [0, 0.05) is 29.6 Å². The minimum atomic E-state index is -3.53. The molecule has 4 rings (SSSR count). The summed E-state index contributed by atoms with van der Waals surface area (Å²) in [5.41, 5.74) is 2.17. The van der Waals surface area contributed by atoms with E-state index < -0.39 is 10.0 Å². The zero-order valence-corrected chi connectivity index (χ0v) is 18.5. The van der Waals surface area contributed by atoms with Crippen LogP contribution < -0.4 is 0 Å². The molecule has 1 aliphatic rings. The van der Waals surface area contributed by atoms with E-state index in [9.17, 15) is 8.42 Å². The van der Waals surface area contributed by atoms with E-state index in [4.69, 9.17) is 16.1 Å². The minimum Gasteiger partial charge on any atom is -0.339 e. The van der Waals surface area contributed by atoms with Gasteiger partial charge >= 0.3 is 0 Å². The van der Waals surface area contributed by atoms with Crippen LogP contribution in [-0.2, 0) is 10.0 Å². The van der Waals surface area contributed by atoms with Crippen LogP contribution in [0, 0.1) is 0 Å². The molecule has 1 aliphatic heterocycles. The Morgan fingerprint density at radius 1 is 1.03 bits per heavy atom. The summed E-state index contributed by atoms with van der Waals surface area (Å²) < 4.78 is 32.7. The van der Waals surface area contributed by atoms with Gasteiger partial charge in [0.15, 0.2) is 0 Å². The zero-order chi connectivity index (χ0) is 21.3. The average Bonchev–Trinajstić information content (AvgIpc) is 3.24. The van der Waals surface area contributed by atoms with E-state index in [1.54, 1.807) is 24.3 Å². The van der Waals surface area contributed by atoms with Gasteiger partial charge < -0.3 is 4.52 Å². The first-order valence-corrected chi connectivity index (χ1v) is 11.9. The van der Waals surface area contributed by atoms with Gasteiger partial charge in [-0.15, -0.1) is 0 Å². The van der Waals surface area contributed by atoms with Gasteiger partial charge in [-0.25, -0.2) is 8.42 Å². The van der Waals surface area contributed by atoms with E-state index in [0.717, 1.165) is 5.56 Å². The maximum Gasteiger partial charge on any atom is 0.243 e. The van der Waals surface area contributed by atoms with E-state index in [1.807, 2.05) is 12.1 Å². The highest BCUT2D eigenvalue weighted by molar-refractivity contribution is 7.89. The van der Waals surface area contributed by atoms with E-state index >= 15 is 0 Å². The molecule has 8 heteroatoms. The Kier molecular flexibility index (Phi) is 5.95. The fraction of sp³-hybridized carbons (Fsp3) is 0.364. The highest BCUT2D eigenvalue weighted by Crippen LogP contribution is 2.31. The Hall–Kier alpha value is -2.22. The van der Waals surface area contributed by atoms with Crippen molar-refractivity contribution in [3.8, 4) is 11.4 Å². The Bertz CT molecular complexity index is 1100. The highest BCUT2D eigenvalue weighted by atomic mass is 35.5. The summed E-state index contributed by atoms with van der Waals surface area (Å²) in [5.74, 6) is 1.66. The monoisotopic (exact) mass is 445 g/mol. The predicted octanol–water partition coefficient (Wildman–Crippen LogP) is 5.08. The summed E-state index contributed by atoms with van der Waals surface area (Å²) in [6, 6.07) is 14.4. The number of nitrogens with zero attached hydrogens (tertiary/aromatic N) is 3. The Balaban J connectivity index is 1.43. The largest absolute Gasteiger partial charge is 0.339 e. The molecule has 0 atom stereocenters. The maximum atomic E-state index is 12.8. The lowest BCUT2D eigenvalue weighted by atomic mass is 9.98. The van der Waals surface area contributed by atoms with Gasteiger partial charge in [-0.3, -0.25) is 0 Å². The number of piperidine rings is 1. The quantitative estimate of drug-likeness (QED) is 0.547. The predicted molar refractivity (Wildman–Crippen MR) is 116 cm³/mol. The molecule has 2 aromatic carbocycles. The second-order valence-electron chi connectivity index (χ2n) is 7.87. The lowest BCUT2D eigenvalue weighted by Crippen LogP contribution is -2.37. The number of halogens is 1. The second-order valence-corrected chi connectivity index (χ2v) is 10.2. The molecule has 1 aromatic heterocycles. The van der Waals surface area contributed by atoms with E-state index in [-0.39, 0.29) is 10.8 Å². The first kappa shape index (κ1) is 21.0. The molecule has 30 heavy (non-hydrogen) atoms. The van der Waals surface area contributed by atoms with E-state index in [1.165, 1.54) is 9.87 Å². The van der Waals surface area contributed by atoms with Crippen molar-refractivity contribution in [1.82, 2.24) is 14.4 Å². The third-order valence-corrected chi connectivity index (χ3v) is 7.70. The van der Waals surface area contributed by atoms with Crippen LogP contribution in [-0.4, -0.2) is 36.0 Å². The van der Waals surface area contributed by atoms with Crippen molar-refractivity contribution in [2.45, 2.75) is 43.4 Å². The summed E-state index contributed by atoms with van der Waals surface area (Å²) in [6.45, 7) is 5.13. The number of benzene rings is 2. The van der Waals surface area contributed by atoms with Gasteiger partial charge in [0.05, 0.1) is 4.90 Å². The number of sulfonamides is 1. The fourth-order valence-corrected chi connectivity index (χ4v) is 5.23. The molecule has 0 unspecified atom stereocenters. The summed E-state index contributed by atoms with van der Waals surface area (Å²) in [7, 11) is -3.53. The molecule has 0 saturated carbocycles. The molecule has 2 heterocycles. The van der Waals surface area contributed by atoms with Crippen LogP contribution >= 0.6 is 11.6 Å². The Morgan fingerprint density at radius 3 is 2.27 bits per heavy atom. The Labute approximate surface area is 181 Å². The molecule has 0 aliphatic carbocycles. The van der Waals surface area contributed by atoms with Gasteiger partial charge in [0.1, 0.15) is 0 Å². The number of hydrogen-bond acceptors (Lipinski definition) is 5. The second kappa shape index (κ2) is 8.49. The van der Waals surface area contributed by atoms with Gasteiger partial charge in [0.25, 0.3) is 0 Å². The van der Waals surface area contributed by atoms with Gasteiger partial charge in [-0.2, -0.15) is 9.29 Å². The summed E-state index contributed by atoms with van der Waals surface area (Å²) in [5, 5.41) is 4.64. The molecular formula is C22H24ClN3O3S. The van der Waals surface area contributed by atoms with E-state index in [0.29, 0.717) is 48.6 Å². The molecule has 6 nitrogen and oxygen atoms in total. The zero-order valence-electron chi connectivity index (χ0n) is 17.0. The first-order chi connectivity index (χ1) is 14.3. The van der Waals surface area contributed by atoms with Crippen LogP contribution in [0.1, 0.15) is 50.0 Å². The molecule has 0 N–H and O–H groups in total. The molecule has 3 aromatic rings. The SMILES string of the molecule is CC(C)c1ccc(-c2noc(C3CCN(S(=O)(=O)c4ccc(Cl)cc4)CC3)n2)cc1. The van der Waals surface area contributed by atoms with Crippen LogP contribution in [0.2, 0.25) is 5.02 Å². The van der Waals surface area contributed by atoms with Crippen molar-refractivity contribution in [2.24, 2.45) is 0 Å². The summed E-state index contributed by atoms with van der Waals surface area (Å²) in [4.78, 5) is 4.83. The minimum absolute atomic E-state index is 0.0536. The molecule has 1 saturated heterocycles. The van der Waals surface area contributed by atoms with Crippen LogP contribution in [0.25, 0.3) is 11.4 Å². The number of aromatic nitrogens is 2. The van der Waals surface area contributed by atoms with Crippen LogP contribution in [0.15, 0.2) is 57.9 Å². The van der Waals surface area contributed by atoms with Gasteiger partial charge in [-0.1, -0.05) is 54.9 Å². The molecule has 0 radical (unpaired) electrons. The summed E-state index contributed by atoms with van der Waals surface area (Å²) >= 11 is 5.87. The van der Waals surface area contributed by atoms with Crippen molar-refractivity contribution >= 4 is 21.6 Å². The summed E-state index contributed by atoms with van der Waals surface area (Å²) in [6.07, 6.45) is 1.28. The lowest BCUT2D eigenvalue weighted by molar-refractivity contribution is 0.271. The maximum absolute atomic E-state index is 12.8.